The van der Waals surface area contributed by atoms with E-state index in [0.29, 0.717) is 6.42 Å². The molecule has 0 spiro atoms. The van der Waals surface area contributed by atoms with Crippen molar-refractivity contribution < 1.29 is 4.79 Å². The zero-order chi connectivity index (χ0) is 21.1. The average Bonchev–Trinajstić information content (AvgIpc) is 3.24. The second-order valence-electron chi connectivity index (χ2n) is 8.24. The van der Waals surface area contributed by atoms with Crippen LogP contribution in [0.4, 0.5) is 5.69 Å². The molecular formula is C25H29N3OS. The Hall–Kier alpha value is -2.53. The predicted octanol–water partition coefficient (Wildman–Crippen LogP) is 6.47. The van der Waals surface area contributed by atoms with Gasteiger partial charge in [-0.25, -0.2) is 4.98 Å². The number of carbonyl (C=O) groups excluding carboxylic acids is 1. The van der Waals surface area contributed by atoms with E-state index < -0.39 is 0 Å². The van der Waals surface area contributed by atoms with Crippen LogP contribution in [0.15, 0.2) is 48.1 Å². The van der Waals surface area contributed by atoms with E-state index in [-0.39, 0.29) is 11.3 Å². The van der Waals surface area contributed by atoms with E-state index in [1.165, 1.54) is 5.56 Å². The third-order valence-electron chi connectivity index (χ3n) is 6.31. The van der Waals surface area contributed by atoms with Crippen molar-refractivity contribution in [3.8, 4) is 21.8 Å². The fraction of sp³-hybridized carbons (Fsp3) is 0.400. The maximum atomic E-state index is 12.7. The summed E-state index contributed by atoms with van der Waals surface area (Å²) in [6.45, 7) is 4.50. The number of nitrogens with zero attached hydrogens (tertiary/aromatic N) is 3. The fourth-order valence-corrected chi connectivity index (χ4v) is 5.67. The first kappa shape index (κ1) is 20.7. The average molecular weight is 420 g/mol. The van der Waals surface area contributed by atoms with Crippen molar-refractivity contribution in [2.75, 3.05) is 11.9 Å². The molecule has 3 aromatic rings. The fourth-order valence-electron chi connectivity index (χ4n) is 4.83. The first-order valence-electron chi connectivity index (χ1n) is 10.9. The monoisotopic (exact) mass is 419 g/mol. The van der Waals surface area contributed by atoms with Crippen LogP contribution in [0.5, 0.6) is 0 Å². The SMILES string of the molecule is CCCC1(CCC)CCC(=O)N(C)c2ccc(-c3csc(-c4ccncc4)n3)cc21. The largest absolute Gasteiger partial charge is 0.315 e. The molecule has 0 aliphatic carbocycles. The van der Waals surface area contributed by atoms with E-state index in [1.807, 2.05) is 24.1 Å². The van der Waals surface area contributed by atoms with Crippen molar-refractivity contribution in [2.45, 2.75) is 57.8 Å². The molecule has 0 N–H and O–H groups in total. The van der Waals surface area contributed by atoms with Crippen LogP contribution in [-0.4, -0.2) is 22.9 Å². The van der Waals surface area contributed by atoms with Crippen molar-refractivity contribution in [3.05, 3.63) is 53.7 Å². The van der Waals surface area contributed by atoms with Gasteiger partial charge < -0.3 is 4.90 Å². The molecule has 0 unspecified atom stereocenters. The van der Waals surface area contributed by atoms with E-state index >= 15 is 0 Å². The molecule has 0 fully saturated rings. The van der Waals surface area contributed by atoms with Crippen LogP contribution >= 0.6 is 11.3 Å². The number of hydrogen-bond acceptors (Lipinski definition) is 4. The first-order valence-corrected chi connectivity index (χ1v) is 11.7. The Morgan fingerprint density at radius 3 is 2.50 bits per heavy atom. The lowest BCUT2D eigenvalue weighted by Gasteiger charge is -2.35. The molecule has 2 aromatic heterocycles. The van der Waals surface area contributed by atoms with Gasteiger partial charge in [0.15, 0.2) is 0 Å². The molecule has 0 atom stereocenters. The number of amides is 1. The third kappa shape index (κ3) is 3.79. The molecule has 4 rings (SSSR count). The van der Waals surface area contributed by atoms with Crippen molar-refractivity contribution >= 4 is 22.9 Å². The van der Waals surface area contributed by atoms with Gasteiger partial charge >= 0.3 is 0 Å². The number of benzene rings is 1. The molecule has 5 heteroatoms. The van der Waals surface area contributed by atoms with Crippen LogP contribution in [0.1, 0.15) is 57.9 Å². The van der Waals surface area contributed by atoms with E-state index in [9.17, 15) is 4.79 Å². The summed E-state index contributed by atoms with van der Waals surface area (Å²) < 4.78 is 0. The van der Waals surface area contributed by atoms with Crippen LogP contribution in [0.25, 0.3) is 21.8 Å². The summed E-state index contributed by atoms with van der Waals surface area (Å²) in [6.07, 6.45) is 9.59. The Kier molecular flexibility index (Phi) is 6.00. The summed E-state index contributed by atoms with van der Waals surface area (Å²) in [7, 11) is 1.92. The number of thiazole rings is 1. The quantitative estimate of drug-likeness (QED) is 0.460. The highest BCUT2D eigenvalue weighted by Gasteiger charge is 2.37. The van der Waals surface area contributed by atoms with Gasteiger partial charge in [0.25, 0.3) is 0 Å². The van der Waals surface area contributed by atoms with Gasteiger partial charge in [0.2, 0.25) is 5.91 Å². The van der Waals surface area contributed by atoms with Crippen LogP contribution in [0.3, 0.4) is 0 Å². The molecule has 1 amide bonds. The number of aromatic nitrogens is 2. The van der Waals surface area contributed by atoms with E-state index in [4.69, 9.17) is 4.98 Å². The summed E-state index contributed by atoms with van der Waals surface area (Å²) in [5.41, 5.74) is 5.65. The second-order valence-corrected chi connectivity index (χ2v) is 9.10. The predicted molar refractivity (Wildman–Crippen MR) is 125 cm³/mol. The van der Waals surface area contributed by atoms with Crippen molar-refractivity contribution in [1.29, 1.82) is 0 Å². The Morgan fingerprint density at radius 1 is 1.07 bits per heavy atom. The maximum Gasteiger partial charge on any atom is 0.226 e. The van der Waals surface area contributed by atoms with Gasteiger partial charge in [-0.15, -0.1) is 11.3 Å². The molecule has 0 saturated carbocycles. The highest BCUT2D eigenvalue weighted by atomic mass is 32.1. The summed E-state index contributed by atoms with van der Waals surface area (Å²) in [5, 5.41) is 3.13. The van der Waals surface area contributed by atoms with Crippen LogP contribution < -0.4 is 4.90 Å². The number of fused-ring (bicyclic) bond motifs is 1. The van der Waals surface area contributed by atoms with Gasteiger partial charge in [0.05, 0.1) is 5.69 Å². The summed E-state index contributed by atoms with van der Waals surface area (Å²) in [5.74, 6) is 0.215. The zero-order valence-corrected chi connectivity index (χ0v) is 18.8. The molecule has 0 bridgehead atoms. The lowest BCUT2D eigenvalue weighted by Crippen LogP contribution is -2.26. The van der Waals surface area contributed by atoms with Gasteiger partial charge in [-0.3, -0.25) is 9.78 Å². The van der Waals surface area contributed by atoms with Crippen molar-refractivity contribution in [2.24, 2.45) is 0 Å². The number of carbonyl (C=O) groups is 1. The number of anilines is 1. The lowest BCUT2D eigenvalue weighted by molar-refractivity contribution is -0.118. The highest BCUT2D eigenvalue weighted by molar-refractivity contribution is 7.13. The minimum Gasteiger partial charge on any atom is -0.315 e. The lowest BCUT2D eigenvalue weighted by atomic mass is 9.70. The van der Waals surface area contributed by atoms with E-state index in [2.05, 4.69) is 42.4 Å². The smallest absolute Gasteiger partial charge is 0.226 e. The molecule has 0 radical (unpaired) electrons. The molecular weight excluding hydrogens is 390 g/mol. The standard InChI is InChI=1S/C25H29N3OS/c1-4-11-25(12-5-2)13-8-23(29)28(3)22-7-6-19(16-20(22)25)21-17-30-24(27-21)18-9-14-26-15-10-18/h6-7,9-10,14-17H,4-5,8,11-13H2,1-3H3. The minimum absolute atomic E-state index is 0.0548. The highest BCUT2D eigenvalue weighted by Crippen LogP contribution is 2.47. The summed E-state index contributed by atoms with van der Waals surface area (Å²) in [4.78, 5) is 23.6. The molecule has 1 aliphatic rings. The van der Waals surface area contributed by atoms with Crippen LogP contribution in [0, 0.1) is 0 Å². The Morgan fingerprint density at radius 2 is 1.80 bits per heavy atom. The van der Waals surface area contributed by atoms with E-state index in [0.717, 1.165) is 59.6 Å². The zero-order valence-electron chi connectivity index (χ0n) is 18.0. The number of rotatable bonds is 6. The van der Waals surface area contributed by atoms with Gasteiger partial charge in [0, 0.05) is 48.1 Å². The maximum absolute atomic E-state index is 12.7. The normalized spacial score (nSPS) is 15.7. The molecule has 0 saturated heterocycles. The van der Waals surface area contributed by atoms with Crippen LogP contribution in [-0.2, 0) is 10.2 Å². The Labute approximate surface area is 183 Å². The summed E-state index contributed by atoms with van der Waals surface area (Å²) >= 11 is 1.66. The van der Waals surface area contributed by atoms with E-state index in [1.54, 1.807) is 23.7 Å². The van der Waals surface area contributed by atoms with Gasteiger partial charge in [0.1, 0.15) is 5.01 Å². The topological polar surface area (TPSA) is 46.1 Å². The Balaban J connectivity index is 1.81. The third-order valence-corrected chi connectivity index (χ3v) is 7.20. The molecule has 3 heterocycles. The van der Waals surface area contributed by atoms with Crippen molar-refractivity contribution in [3.63, 3.8) is 0 Å². The summed E-state index contributed by atoms with van der Waals surface area (Å²) in [6, 6.07) is 10.5. The second kappa shape index (κ2) is 8.68. The van der Waals surface area contributed by atoms with Gasteiger partial charge in [-0.1, -0.05) is 32.8 Å². The molecule has 1 aromatic carbocycles. The van der Waals surface area contributed by atoms with Gasteiger partial charge in [-0.05, 0) is 54.5 Å². The molecule has 30 heavy (non-hydrogen) atoms. The van der Waals surface area contributed by atoms with Gasteiger partial charge in [-0.2, -0.15) is 0 Å². The Bertz CT molecular complexity index is 1020. The molecule has 156 valence electrons. The minimum atomic E-state index is 0.0548. The number of hydrogen-bond donors (Lipinski definition) is 0. The molecule has 1 aliphatic heterocycles. The first-order chi connectivity index (χ1) is 14.6. The number of pyridine rings is 1. The van der Waals surface area contributed by atoms with Crippen LogP contribution in [0.2, 0.25) is 0 Å². The van der Waals surface area contributed by atoms with Crippen molar-refractivity contribution in [1.82, 2.24) is 9.97 Å². The molecule has 4 nitrogen and oxygen atoms in total.